The standard InChI is InChI=1S/C14H21BrN2O3S/c1-2-17-7-3-4-12(17)9-16-21(19,20)14-6-5-11(10-18)8-13(14)15/h5-6,8,12,16,18H,2-4,7,9-10H2,1H3. The molecular weight excluding hydrogens is 356 g/mol. The third-order valence-corrected chi connectivity index (χ3v) is 6.28. The van der Waals surface area contributed by atoms with Crippen molar-refractivity contribution in [2.45, 2.75) is 37.3 Å². The van der Waals surface area contributed by atoms with E-state index >= 15 is 0 Å². The highest BCUT2D eigenvalue weighted by Crippen LogP contribution is 2.24. The van der Waals surface area contributed by atoms with E-state index in [9.17, 15) is 8.42 Å². The van der Waals surface area contributed by atoms with Gasteiger partial charge in [0.1, 0.15) is 0 Å². The van der Waals surface area contributed by atoms with E-state index in [4.69, 9.17) is 5.11 Å². The molecule has 1 heterocycles. The number of halogens is 1. The number of benzene rings is 1. The molecule has 0 spiro atoms. The molecule has 0 amide bonds. The summed E-state index contributed by atoms with van der Waals surface area (Å²) >= 11 is 3.26. The van der Waals surface area contributed by atoms with Gasteiger partial charge in [-0.3, -0.25) is 4.90 Å². The summed E-state index contributed by atoms with van der Waals surface area (Å²) in [4.78, 5) is 2.51. The van der Waals surface area contributed by atoms with Gasteiger partial charge in [-0.05, 0) is 59.6 Å². The molecule has 2 N–H and O–H groups in total. The lowest BCUT2D eigenvalue weighted by Crippen LogP contribution is -2.40. The average molecular weight is 377 g/mol. The molecule has 1 aromatic carbocycles. The molecule has 118 valence electrons. The fourth-order valence-electron chi connectivity index (χ4n) is 2.69. The van der Waals surface area contributed by atoms with Crippen molar-refractivity contribution in [2.24, 2.45) is 0 Å². The van der Waals surface area contributed by atoms with Gasteiger partial charge < -0.3 is 5.11 Å². The summed E-state index contributed by atoms with van der Waals surface area (Å²) in [6, 6.07) is 5.04. The fourth-order valence-corrected chi connectivity index (χ4v) is 4.88. The van der Waals surface area contributed by atoms with E-state index in [1.807, 2.05) is 0 Å². The second-order valence-electron chi connectivity index (χ2n) is 5.20. The van der Waals surface area contributed by atoms with Gasteiger partial charge in [0, 0.05) is 17.1 Å². The van der Waals surface area contributed by atoms with E-state index in [1.165, 1.54) is 6.07 Å². The van der Waals surface area contributed by atoms with Crippen LogP contribution in [0.4, 0.5) is 0 Å². The van der Waals surface area contributed by atoms with Gasteiger partial charge in [-0.2, -0.15) is 0 Å². The monoisotopic (exact) mass is 376 g/mol. The van der Waals surface area contributed by atoms with Gasteiger partial charge in [-0.15, -0.1) is 0 Å². The summed E-state index contributed by atoms with van der Waals surface area (Å²) in [5.41, 5.74) is 0.675. The van der Waals surface area contributed by atoms with Crippen LogP contribution in [0.3, 0.4) is 0 Å². The van der Waals surface area contributed by atoms with Crippen molar-refractivity contribution in [3.63, 3.8) is 0 Å². The zero-order valence-corrected chi connectivity index (χ0v) is 14.5. The molecule has 0 aromatic heterocycles. The Balaban J connectivity index is 2.08. The van der Waals surface area contributed by atoms with Crippen LogP contribution in [0.5, 0.6) is 0 Å². The van der Waals surface area contributed by atoms with E-state index in [1.54, 1.807) is 12.1 Å². The highest BCUT2D eigenvalue weighted by Gasteiger charge is 2.25. The Bertz CT molecular complexity index is 592. The Labute approximate surface area is 134 Å². The van der Waals surface area contributed by atoms with Crippen LogP contribution in [0.15, 0.2) is 27.6 Å². The summed E-state index contributed by atoms with van der Waals surface area (Å²) < 4.78 is 27.9. The van der Waals surface area contributed by atoms with Crippen LogP contribution in [0.2, 0.25) is 0 Å². The molecule has 2 rings (SSSR count). The van der Waals surface area contributed by atoms with Crippen LogP contribution < -0.4 is 4.72 Å². The van der Waals surface area contributed by atoms with Gasteiger partial charge in [-0.1, -0.05) is 13.0 Å². The number of nitrogens with zero attached hydrogens (tertiary/aromatic N) is 1. The molecule has 1 unspecified atom stereocenters. The number of sulfonamides is 1. The Hall–Kier alpha value is -0.470. The Kier molecular flexibility index (Phi) is 5.79. The van der Waals surface area contributed by atoms with E-state index in [-0.39, 0.29) is 17.5 Å². The van der Waals surface area contributed by atoms with Crippen LogP contribution in [-0.4, -0.2) is 44.1 Å². The molecule has 1 atom stereocenters. The maximum atomic E-state index is 12.4. The van der Waals surface area contributed by atoms with E-state index in [0.717, 1.165) is 25.9 Å². The van der Waals surface area contributed by atoms with Crippen molar-refractivity contribution in [3.8, 4) is 0 Å². The molecule has 5 nitrogen and oxygen atoms in total. The van der Waals surface area contributed by atoms with Crippen LogP contribution in [0.1, 0.15) is 25.3 Å². The summed E-state index contributed by atoms with van der Waals surface area (Å²) in [7, 11) is -3.54. The first-order valence-corrected chi connectivity index (χ1v) is 9.38. The zero-order valence-electron chi connectivity index (χ0n) is 12.0. The van der Waals surface area contributed by atoms with Crippen molar-refractivity contribution in [1.82, 2.24) is 9.62 Å². The first-order valence-electron chi connectivity index (χ1n) is 7.11. The highest BCUT2D eigenvalue weighted by atomic mass is 79.9. The van der Waals surface area contributed by atoms with Gasteiger partial charge in [0.25, 0.3) is 0 Å². The van der Waals surface area contributed by atoms with Crippen LogP contribution in [0.25, 0.3) is 0 Å². The predicted molar refractivity (Wildman–Crippen MR) is 85.5 cm³/mol. The van der Waals surface area contributed by atoms with Crippen molar-refractivity contribution in [2.75, 3.05) is 19.6 Å². The minimum Gasteiger partial charge on any atom is -0.392 e. The average Bonchev–Trinajstić information content (AvgIpc) is 2.92. The number of likely N-dealkylation sites (N-methyl/N-ethyl adjacent to an activating group) is 1. The first kappa shape index (κ1) is 16.9. The minimum atomic E-state index is -3.54. The van der Waals surface area contributed by atoms with E-state index in [0.29, 0.717) is 16.6 Å². The summed E-state index contributed by atoms with van der Waals surface area (Å²) in [5, 5.41) is 9.07. The summed E-state index contributed by atoms with van der Waals surface area (Å²) in [5.74, 6) is 0. The molecule has 1 aliphatic heterocycles. The smallest absolute Gasteiger partial charge is 0.241 e. The molecular formula is C14H21BrN2O3S. The van der Waals surface area contributed by atoms with Gasteiger partial charge in [0.05, 0.1) is 11.5 Å². The van der Waals surface area contributed by atoms with Gasteiger partial charge >= 0.3 is 0 Å². The van der Waals surface area contributed by atoms with Gasteiger partial charge in [0.2, 0.25) is 10.0 Å². The van der Waals surface area contributed by atoms with Gasteiger partial charge in [0.15, 0.2) is 0 Å². The highest BCUT2D eigenvalue weighted by molar-refractivity contribution is 9.10. The lowest BCUT2D eigenvalue weighted by atomic mass is 10.2. The number of likely N-dealkylation sites (tertiary alicyclic amines) is 1. The van der Waals surface area contributed by atoms with Gasteiger partial charge in [-0.25, -0.2) is 13.1 Å². The largest absolute Gasteiger partial charge is 0.392 e. The van der Waals surface area contributed by atoms with Crippen molar-refractivity contribution < 1.29 is 13.5 Å². The molecule has 0 aliphatic carbocycles. The van der Waals surface area contributed by atoms with E-state index in [2.05, 4.69) is 32.5 Å². The van der Waals surface area contributed by atoms with Crippen molar-refractivity contribution in [3.05, 3.63) is 28.2 Å². The van der Waals surface area contributed by atoms with Crippen molar-refractivity contribution in [1.29, 1.82) is 0 Å². The molecule has 1 aromatic rings. The maximum Gasteiger partial charge on any atom is 0.241 e. The second kappa shape index (κ2) is 7.19. The molecule has 7 heteroatoms. The minimum absolute atomic E-state index is 0.111. The lowest BCUT2D eigenvalue weighted by molar-refractivity contribution is 0.268. The topological polar surface area (TPSA) is 69.6 Å². The number of aliphatic hydroxyl groups excluding tert-OH is 1. The molecule has 1 saturated heterocycles. The number of hydrogen-bond acceptors (Lipinski definition) is 4. The van der Waals surface area contributed by atoms with E-state index < -0.39 is 10.0 Å². The third-order valence-electron chi connectivity index (χ3n) is 3.88. The summed E-state index contributed by atoms with van der Waals surface area (Å²) in [6.07, 6.45) is 2.15. The lowest BCUT2D eigenvalue weighted by Gasteiger charge is -2.23. The molecule has 21 heavy (non-hydrogen) atoms. The SMILES string of the molecule is CCN1CCCC1CNS(=O)(=O)c1ccc(CO)cc1Br. The fraction of sp³-hybridized carbons (Fsp3) is 0.571. The molecule has 1 fully saturated rings. The van der Waals surface area contributed by atoms with Crippen LogP contribution in [-0.2, 0) is 16.6 Å². The molecule has 0 saturated carbocycles. The van der Waals surface area contributed by atoms with Crippen LogP contribution in [0, 0.1) is 0 Å². The zero-order chi connectivity index (χ0) is 15.5. The quantitative estimate of drug-likeness (QED) is 0.792. The predicted octanol–water partition coefficient (Wildman–Crippen LogP) is 1.70. The molecule has 0 radical (unpaired) electrons. The number of rotatable bonds is 6. The molecule has 1 aliphatic rings. The van der Waals surface area contributed by atoms with Crippen LogP contribution >= 0.6 is 15.9 Å². The number of nitrogens with one attached hydrogen (secondary N) is 1. The third kappa shape index (κ3) is 4.04. The Morgan fingerprint density at radius 2 is 2.24 bits per heavy atom. The first-order chi connectivity index (χ1) is 9.97. The summed E-state index contributed by atoms with van der Waals surface area (Å²) in [6.45, 7) is 4.40. The Morgan fingerprint density at radius 1 is 1.48 bits per heavy atom. The Morgan fingerprint density at radius 3 is 2.86 bits per heavy atom. The maximum absolute atomic E-state index is 12.4. The normalized spacial score (nSPS) is 20.0. The molecule has 0 bridgehead atoms. The number of hydrogen-bond donors (Lipinski definition) is 2. The second-order valence-corrected chi connectivity index (χ2v) is 7.79. The van der Waals surface area contributed by atoms with Crippen molar-refractivity contribution >= 4 is 26.0 Å². The number of aliphatic hydroxyl groups is 1.